The van der Waals surface area contributed by atoms with E-state index in [-0.39, 0.29) is 6.04 Å². The summed E-state index contributed by atoms with van der Waals surface area (Å²) >= 11 is 1.77. The van der Waals surface area contributed by atoms with Crippen LogP contribution in [0.2, 0.25) is 0 Å². The zero-order valence-corrected chi connectivity index (χ0v) is 15.6. The minimum absolute atomic E-state index is 0.172. The number of aryl methyl sites for hydroxylation is 1. The van der Waals surface area contributed by atoms with E-state index >= 15 is 0 Å². The molecule has 3 nitrogen and oxygen atoms in total. The Bertz CT molecular complexity index is 1050. The fraction of sp³-hybridized carbons (Fsp3) is 0.227. The van der Waals surface area contributed by atoms with Gasteiger partial charge in [-0.2, -0.15) is 11.3 Å². The number of nitrogens with zero attached hydrogens (tertiary/aromatic N) is 2. The Morgan fingerprint density at radius 3 is 2.92 bits per heavy atom. The predicted molar refractivity (Wildman–Crippen MR) is 108 cm³/mol. The fourth-order valence-corrected chi connectivity index (χ4v) is 4.79. The number of fused-ring (bicyclic) bond motifs is 3. The number of nitrogens with one attached hydrogen (secondary N) is 1. The number of thiophene rings is 1. The maximum atomic E-state index is 4.89. The standard InChI is InChI=1S/C22H21N3S/c1-15-5-4-8-20(23-15)22-21-18(17-6-2-3-7-19(17)24-21)9-11-25(22)13-16-10-12-26-14-16/h2-8,10,12,14,22,24H,9,11,13H2,1H3. The Labute approximate surface area is 157 Å². The number of aromatic amines is 1. The first-order valence-corrected chi connectivity index (χ1v) is 10.0. The first-order valence-electron chi connectivity index (χ1n) is 9.08. The largest absolute Gasteiger partial charge is 0.357 e. The van der Waals surface area contributed by atoms with Gasteiger partial charge in [-0.15, -0.1) is 0 Å². The molecule has 0 saturated carbocycles. The Hall–Kier alpha value is -2.43. The number of para-hydroxylation sites is 1. The van der Waals surface area contributed by atoms with Gasteiger partial charge >= 0.3 is 0 Å². The van der Waals surface area contributed by atoms with Gasteiger partial charge in [-0.3, -0.25) is 9.88 Å². The van der Waals surface area contributed by atoms with Crippen LogP contribution in [0.1, 0.15) is 34.3 Å². The lowest BCUT2D eigenvalue weighted by Gasteiger charge is -2.35. The van der Waals surface area contributed by atoms with E-state index < -0.39 is 0 Å². The molecule has 0 spiro atoms. The summed E-state index contributed by atoms with van der Waals surface area (Å²) in [6.45, 7) is 4.07. The highest BCUT2D eigenvalue weighted by Crippen LogP contribution is 2.38. The molecule has 26 heavy (non-hydrogen) atoms. The number of benzene rings is 1. The van der Waals surface area contributed by atoms with Crippen LogP contribution in [0.3, 0.4) is 0 Å². The monoisotopic (exact) mass is 359 g/mol. The van der Waals surface area contributed by atoms with Crippen molar-refractivity contribution >= 4 is 22.2 Å². The van der Waals surface area contributed by atoms with Gasteiger partial charge in [0.05, 0.1) is 11.7 Å². The summed E-state index contributed by atoms with van der Waals surface area (Å²) in [6.07, 6.45) is 1.08. The van der Waals surface area contributed by atoms with Gasteiger partial charge in [-0.05, 0) is 59.5 Å². The number of hydrogen-bond acceptors (Lipinski definition) is 3. The van der Waals surface area contributed by atoms with Crippen LogP contribution in [0, 0.1) is 6.92 Å². The van der Waals surface area contributed by atoms with Crippen LogP contribution in [0.15, 0.2) is 59.3 Å². The predicted octanol–water partition coefficient (Wildman–Crippen LogP) is 5.08. The van der Waals surface area contributed by atoms with Crippen LogP contribution in [0.5, 0.6) is 0 Å². The van der Waals surface area contributed by atoms with Crippen molar-refractivity contribution in [2.45, 2.75) is 25.9 Å². The molecule has 0 aliphatic carbocycles. The van der Waals surface area contributed by atoms with E-state index in [0.29, 0.717) is 0 Å². The highest BCUT2D eigenvalue weighted by Gasteiger charge is 2.32. The van der Waals surface area contributed by atoms with Crippen molar-refractivity contribution < 1.29 is 0 Å². The van der Waals surface area contributed by atoms with E-state index in [1.54, 1.807) is 11.3 Å². The smallest absolute Gasteiger partial charge is 0.0933 e. The summed E-state index contributed by atoms with van der Waals surface area (Å²) in [5.41, 5.74) is 7.58. The van der Waals surface area contributed by atoms with E-state index in [1.807, 2.05) is 0 Å². The number of H-pyrrole nitrogens is 1. The minimum atomic E-state index is 0.172. The van der Waals surface area contributed by atoms with Crippen molar-refractivity contribution in [3.8, 4) is 0 Å². The molecule has 0 bridgehead atoms. The van der Waals surface area contributed by atoms with Crippen molar-refractivity contribution in [1.29, 1.82) is 0 Å². The van der Waals surface area contributed by atoms with Gasteiger partial charge in [0.1, 0.15) is 0 Å². The molecule has 1 atom stereocenters. The van der Waals surface area contributed by atoms with E-state index in [0.717, 1.165) is 30.9 Å². The third-order valence-corrected chi connectivity index (χ3v) is 6.02. The van der Waals surface area contributed by atoms with E-state index in [9.17, 15) is 0 Å². The highest BCUT2D eigenvalue weighted by molar-refractivity contribution is 7.07. The topological polar surface area (TPSA) is 31.9 Å². The summed E-state index contributed by atoms with van der Waals surface area (Å²) in [4.78, 5) is 11.2. The Kier molecular flexibility index (Phi) is 3.88. The van der Waals surface area contributed by atoms with Crippen LogP contribution >= 0.6 is 11.3 Å². The molecule has 3 aromatic heterocycles. The first kappa shape index (κ1) is 15.8. The molecular weight excluding hydrogens is 338 g/mol. The maximum absolute atomic E-state index is 4.89. The average Bonchev–Trinajstić information content (AvgIpc) is 3.28. The number of rotatable bonds is 3. The molecule has 0 amide bonds. The third kappa shape index (κ3) is 2.66. The summed E-state index contributed by atoms with van der Waals surface area (Å²) < 4.78 is 0. The van der Waals surface area contributed by atoms with Crippen molar-refractivity contribution in [1.82, 2.24) is 14.9 Å². The van der Waals surface area contributed by atoms with Gasteiger partial charge < -0.3 is 4.98 Å². The lowest BCUT2D eigenvalue weighted by molar-refractivity contribution is 0.199. The van der Waals surface area contributed by atoms with E-state index in [2.05, 4.69) is 76.1 Å². The zero-order valence-electron chi connectivity index (χ0n) is 14.8. The molecule has 1 N–H and O–H groups in total. The van der Waals surface area contributed by atoms with Crippen LogP contribution in [-0.4, -0.2) is 21.4 Å². The van der Waals surface area contributed by atoms with E-state index in [1.165, 1.54) is 27.7 Å². The maximum Gasteiger partial charge on any atom is 0.0933 e. The van der Waals surface area contributed by atoms with Crippen molar-refractivity contribution in [2.75, 3.05) is 6.54 Å². The second kappa shape index (κ2) is 6.38. The molecule has 1 aromatic carbocycles. The van der Waals surface area contributed by atoms with Gasteiger partial charge in [0.15, 0.2) is 0 Å². The van der Waals surface area contributed by atoms with Crippen molar-refractivity contribution in [3.05, 3.63) is 87.5 Å². The van der Waals surface area contributed by atoms with E-state index in [4.69, 9.17) is 4.98 Å². The second-order valence-corrected chi connectivity index (χ2v) is 7.80. The number of aromatic nitrogens is 2. The minimum Gasteiger partial charge on any atom is -0.357 e. The molecule has 0 saturated heterocycles. The molecule has 1 unspecified atom stereocenters. The molecule has 4 heterocycles. The first-order chi connectivity index (χ1) is 12.8. The number of hydrogen-bond donors (Lipinski definition) is 1. The second-order valence-electron chi connectivity index (χ2n) is 7.02. The van der Waals surface area contributed by atoms with Gasteiger partial charge in [0, 0.05) is 35.4 Å². The Morgan fingerprint density at radius 1 is 1.15 bits per heavy atom. The average molecular weight is 359 g/mol. The summed E-state index contributed by atoms with van der Waals surface area (Å²) in [5, 5.41) is 5.77. The van der Waals surface area contributed by atoms with Crippen LogP contribution < -0.4 is 0 Å². The summed E-state index contributed by atoms with van der Waals surface area (Å²) in [7, 11) is 0. The lowest BCUT2D eigenvalue weighted by Crippen LogP contribution is -2.36. The fourth-order valence-electron chi connectivity index (χ4n) is 4.13. The molecule has 0 fully saturated rings. The molecule has 1 aliphatic rings. The molecular formula is C22H21N3S. The molecule has 0 radical (unpaired) electrons. The molecule has 130 valence electrons. The molecule has 4 heteroatoms. The number of pyridine rings is 1. The zero-order chi connectivity index (χ0) is 17.5. The highest BCUT2D eigenvalue weighted by atomic mass is 32.1. The molecule has 1 aliphatic heterocycles. The lowest BCUT2D eigenvalue weighted by atomic mass is 9.94. The van der Waals surface area contributed by atoms with Gasteiger partial charge in [-0.25, -0.2) is 0 Å². The van der Waals surface area contributed by atoms with Crippen LogP contribution in [0.4, 0.5) is 0 Å². The van der Waals surface area contributed by atoms with Crippen LogP contribution in [-0.2, 0) is 13.0 Å². The van der Waals surface area contributed by atoms with Crippen LogP contribution in [0.25, 0.3) is 10.9 Å². The SMILES string of the molecule is Cc1cccc(C2c3[nH]c4ccccc4c3CCN2Cc2ccsc2)n1. The van der Waals surface area contributed by atoms with Gasteiger partial charge in [0.25, 0.3) is 0 Å². The van der Waals surface area contributed by atoms with Crippen molar-refractivity contribution in [2.24, 2.45) is 0 Å². The summed E-state index contributed by atoms with van der Waals surface area (Å²) in [5.74, 6) is 0. The quantitative estimate of drug-likeness (QED) is 0.553. The van der Waals surface area contributed by atoms with Gasteiger partial charge in [0.2, 0.25) is 0 Å². The normalized spacial score (nSPS) is 17.5. The third-order valence-electron chi connectivity index (χ3n) is 5.29. The molecule has 4 aromatic rings. The van der Waals surface area contributed by atoms with Gasteiger partial charge in [-0.1, -0.05) is 24.3 Å². The molecule has 5 rings (SSSR count). The summed E-state index contributed by atoms with van der Waals surface area (Å²) in [6, 6.07) is 17.4. The Morgan fingerprint density at radius 2 is 2.08 bits per heavy atom. The van der Waals surface area contributed by atoms with Crippen molar-refractivity contribution in [3.63, 3.8) is 0 Å². The Balaban J connectivity index is 1.65.